The summed E-state index contributed by atoms with van der Waals surface area (Å²) in [5, 5.41) is 11.6. The molecule has 4 fully saturated rings. The second-order valence-corrected chi connectivity index (χ2v) is 11.9. The van der Waals surface area contributed by atoms with Crippen molar-refractivity contribution < 1.29 is 13.9 Å². The number of amides is 1. The van der Waals surface area contributed by atoms with Crippen molar-refractivity contribution in [2.24, 2.45) is 11.3 Å². The Morgan fingerprint density at radius 1 is 1.12 bits per heavy atom. The van der Waals surface area contributed by atoms with Gasteiger partial charge in [-0.15, -0.1) is 10.2 Å². The molecule has 2 aromatic heterocycles. The van der Waals surface area contributed by atoms with E-state index < -0.39 is 0 Å². The van der Waals surface area contributed by atoms with Gasteiger partial charge in [0.25, 0.3) is 5.88 Å². The second-order valence-electron chi connectivity index (χ2n) is 11.9. The van der Waals surface area contributed by atoms with Crippen LogP contribution in [0.15, 0.2) is 37.1 Å². The highest BCUT2D eigenvalue weighted by molar-refractivity contribution is 5.82. The first-order chi connectivity index (χ1) is 19.5. The Bertz CT molecular complexity index is 1420. The van der Waals surface area contributed by atoms with Crippen LogP contribution in [0.1, 0.15) is 50.6 Å². The minimum Gasteiger partial charge on any atom is -0.434 e. The van der Waals surface area contributed by atoms with Gasteiger partial charge in [0.2, 0.25) is 5.91 Å². The molecule has 7 rings (SSSR count). The molecule has 2 atom stereocenters. The highest BCUT2D eigenvalue weighted by Gasteiger charge is 2.47. The number of hydrogen-bond donors (Lipinski definition) is 1. The molecule has 0 radical (unpaired) electrons. The maximum atomic E-state index is 14.4. The summed E-state index contributed by atoms with van der Waals surface area (Å²) in [7, 11) is 0. The van der Waals surface area contributed by atoms with E-state index in [1.165, 1.54) is 24.8 Å². The van der Waals surface area contributed by atoms with Crippen molar-refractivity contribution in [2.45, 2.75) is 51.0 Å². The molecule has 11 heteroatoms. The van der Waals surface area contributed by atoms with Crippen LogP contribution >= 0.6 is 0 Å². The lowest BCUT2D eigenvalue weighted by molar-refractivity contribution is -0.135. The largest absolute Gasteiger partial charge is 0.434 e. The molecule has 40 heavy (non-hydrogen) atoms. The van der Waals surface area contributed by atoms with Crippen LogP contribution in [0, 0.1) is 17.2 Å². The van der Waals surface area contributed by atoms with Crippen LogP contribution in [0.25, 0.3) is 11.1 Å². The van der Waals surface area contributed by atoms with E-state index in [1.807, 2.05) is 4.90 Å². The van der Waals surface area contributed by atoms with Crippen LogP contribution in [0.5, 0.6) is 11.6 Å². The number of carbonyl (C=O) groups excluding carboxylic acids is 1. The van der Waals surface area contributed by atoms with Crippen LogP contribution in [-0.4, -0.2) is 74.7 Å². The van der Waals surface area contributed by atoms with E-state index in [9.17, 15) is 9.18 Å². The fraction of sp³-hybridized carbons (Fsp3) is 0.517. The number of halogens is 1. The maximum absolute atomic E-state index is 14.4. The fourth-order valence-corrected chi connectivity index (χ4v) is 6.43. The van der Waals surface area contributed by atoms with E-state index in [0.29, 0.717) is 29.0 Å². The second kappa shape index (κ2) is 10.0. The number of likely N-dealkylation sites (tertiary alicyclic amines) is 1. The number of nitrogens with zero attached hydrogens (tertiary/aromatic N) is 7. The summed E-state index contributed by atoms with van der Waals surface area (Å²) in [6.07, 6.45) is 9.66. The zero-order valence-corrected chi connectivity index (χ0v) is 22.6. The van der Waals surface area contributed by atoms with Crippen molar-refractivity contribution in [1.29, 1.82) is 0 Å². The first-order valence-electron chi connectivity index (χ1n) is 14.2. The Kier molecular flexibility index (Phi) is 6.33. The van der Waals surface area contributed by atoms with Crippen LogP contribution in [0.3, 0.4) is 0 Å². The van der Waals surface area contributed by atoms with Gasteiger partial charge in [0.1, 0.15) is 24.2 Å². The van der Waals surface area contributed by atoms with Gasteiger partial charge >= 0.3 is 0 Å². The first kappa shape index (κ1) is 25.3. The first-order valence-corrected chi connectivity index (χ1v) is 14.2. The third-order valence-corrected chi connectivity index (χ3v) is 8.85. The zero-order chi connectivity index (χ0) is 27.3. The molecule has 10 nitrogen and oxygen atoms in total. The Labute approximate surface area is 232 Å². The normalized spacial score (nSPS) is 23.8. The van der Waals surface area contributed by atoms with Gasteiger partial charge in [-0.3, -0.25) is 4.79 Å². The van der Waals surface area contributed by atoms with Gasteiger partial charge in [0.15, 0.2) is 5.82 Å². The molecular formula is C29H33FN8O2. The van der Waals surface area contributed by atoms with Crippen LogP contribution in [-0.2, 0) is 4.79 Å². The standard InChI is InChI=1S/C29H33FN8O2/c1-18-10-23(32-12-18)28(39)37-8-6-29(7-9-37)14-38(15-29)26-27(36-35-17-34-26)40-24-5-4-20(30)11-21(24)22-13-31-16-33-25(22)19-2-3-19/h4-5,11,13,16-19,23,32H,2-3,6-10,12,14-15H2,1H3/t18-,23+/m1/s1. The molecule has 0 unspecified atom stereocenters. The van der Waals surface area contributed by atoms with Crippen molar-refractivity contribution in [3.05, 3.63) is 48.6 Å². The molecule has 5 heterocycles. The van der Waals surface area contributed by atoms with Crippen LogP contribution < -0.4 is 15.0 Å². The summed E-state index contributed by atoms with van der Waals surface area (Å²) in [5.41, 5.74) is 2.42. The van der Waals surface area contributed by atoms with Crippen molar-refractivity contribution in [3.8, 4) is 22.8 Å². The SMILES string of the molecule is C[C@H]1CN[C@H](C(=O)N2CCC3(CC2)CN(c2ncnnc2Oc2ccc(F)cc2-c2cncnc2C2CC2)C3)C1. The molecule has 1 N–H and O–H groups in total. The highest BCUT2D eigenvalue weighted by atomic mass is 19.1. The number of nitrogens with one attached hydrogen (secondary N) is 1. The van der Waals surface area contributed by atoms with Gasteiger partial charge in [-0.05, 0) is 62.8 Å². The lowest BCUT2D eigenvalue weighted by atomic mass is 9.72. The number of anilines is 1. The predicted octanol–water partition coefficient (Wildman–Crippen LogP) is 3.56. The van der Waals surface area contributed by atoms with E-state index >= 15 is 0 Å². The number of benzene rings is 1. The van der Waals surface area contributed by atoms with Crippen LogP contribution in [0.4, 0.5) is 10.2 Å². The number of ether oxygens (including phenoxy) is 1. The summed E-state index contributed by atoms with van der Waals surface area (Å²) in [6.45, 7) is 6.31. The molecule has 1 amide bonds. The average Bonchev–Trinajstić information content (AvgIpc) is 3.72. The monoisotopic (exact) mass is 544 g/mol. The molecular weight excluding hydrogens is 511 g/mol. The van der Waals surface area contributed by atoms with E-state index in [-0.39, 0.29) is 29.1 Å². The number of piperidine rings is 1. The minimum absolute atomic E-state index is 0.0344. The van der Waals surface area contributed by atoms with Gasteiger partial charge < -0.3 is 19.9 Å². The Hall–Kier alpha value is -3.73. The van der Waals surface area contributed by atoms with Gasteiger partial charge in [0.05, 0.1) is 11.7 Å². The third-order valence-electron chi connectivity index (χ3n) is 8.85. The Morgan fingerprint density at radius 2 is 1.95 bits per heavy atom. The van der Waals surface area contributed by atoms with Crippen molar-refractivity contribution in [1.82, 2.24) is 35.4 Å². The number of hydrogen-bond acceptors (Lipinski definition) is 9. The summed E-state index contributed by atoms with van der Waals surface area (Å²) in [6, 6.07) is 4.40. The maximum Gasteiger partial charge on any atom is 0.282 e. The summed E-state index contributed by atoms with van der Waals surface area (Å²) in [5.74, 6) is 2.15. The number of aromatic nitrogens is 5. The predicted molar refractivity (Wildman–Crippen MR) is 145 cm³/mol. The zero-order valence-electron chi connectivity index (χ0n) is 22.6. The molecule has 3 saturated heterocycles. The Morgan fingerprint density at radius 3 is 2.70 bits per heavy atom. The molecule has 4 aliphatic rings. The van der Waals surface area contributed by atoms with E-state index in [4.69, 9.17) is 4.74 Å². The smallest absolute Gasteiger partial charge is 0.282 e. The van der Waals surface area contributed by atoms with Gasteiger partial charge in [-0.2, -0.15) is 0 Å². The van der Waals surface area contributed by atoms with Gasteiger partial charge in [-0.1, -0.05) is 6.92 Å². The van der Waals surface area contributed by atoms with E-state index in [0.717, 1.165) is 76.1 Å². The average molecular weight is 545 g/mol. The van der Waals surface area contributed by atoms with E-state index in [1.54, 1.807) is 12.3 Å². The summed E-state index contributed by atoms with van der Waals surface area (Å²) < 4.78 is 20.7. The van der Waals surface area contributed by atoms with Crippen molar-refractivity contribution in [3.63, 3.8) is 0 Å². The van der Waals surface area contributed by atoms with Gasteiger partial charge in [-0.25, -0.2) is 19.3 Å². The van der Waals surface area contributed by atoms with Crippen molar-refractivity contribution >= 4 is 11.7 Å². The molecule has 1 saturated carbocycles. The Balaban J connectivity index is 1.06. The van der Waals surface area contributed by atoms with Gasteiger partial charge in [0, 0.05) is 54.8 Å². The number of rotatable bonds is 6. The van der Waals surface area contributed by atoms with Crippen molar-refractivity contribution in [2.75, 3.05) is 37.6 Å². The topological polar surface area (TPSA) is 109 Å². The fourth-order valence-electron chi connectivity index (χ4n) is 6.43. The molecule has 1 aromatic carbocycles. The minimum atomic E-state index is -0.363. The highest BCUT2D eigenvalue weighted by Crippen LogP contribution is 2.47. The molecule has 3 aromatic rings. The quantitative estimate of drug-likeness (QED) is 0.498. The van der Waals surface area contributed by atoms with Crippen LogP contribution in [0.2, 0.25) is 0 Å². The van der Waals surface area contributed by atoms with E-state index in [2.05, 4.69) is 42.3 Å². The summed E-state index contributed by atoms with van der Waals surface area (Å²) >= 11 is 0. The third kappa shape index (κ3) is 4.76. The number of carbonyl (C=O) groups is 1. The lowest BCUT2D eigenvalue weighted by Gasteiger charge is -2.54. The summed E-state index contributed by atoms with van der Waals surface area (Å²) in [4.78, 5) is 30.3. The molecule has 3 aliphatic heterocycles. The molecule has 208 valence electrons. The molecule has 0 bridgehead atoms. The molecule has 1 aliphatic carbocycles. The molecule has 1 spiro atoms. The lowest BCUT2D eigenvalue weighted by Crippen LogP contribution is -2.62.